The van der Waals surface area contributed by atoms with Crippen molar-refractivity contribution in [3.8, 4) is 0 Å². The van der Waals surface area contributed by atoms with Crippen LogP contribution in [0.1, 0.15) is 52.4 Å². The van der Waals surface area contributed by atoms with Gasteiger partial charge in [-0.25, -0.2) is 8.42 Å². The van der Waals surface area contributed by atoms with E-state index in [0.29, 0.717) is 18.1 Å². The van der Waals surface area contributed by atoms with E-state index in [1.165, 1.54) is 19.3 Å². The Bertz CT molecular complexity index is 237. The van der Waals surface area contributed by atoms with Gasteiger partial charge in [-0.1, -0.05) is 39.5 Å². The average Bonchev–Trinajstić information content (AvgIpc) is 2.25. The maximum Gasteiger partial charge on any atom is 0.151 e. The van der Waals surface area contributed by atoms with E-state index >= 15 is 0 Å². The molecule has 4 heteroatoms. The summed E-state index contributed by atoms with van der Waals surface area (Å²) in [5, 5.41) is 3.20. The molecule has 0 aromatic heterocycles. The Hall–Kier alpha value is -0.0900. The quantitative estimate of drug-likeness (QED) is 0.572. The number of sulfone groups is 1. The van der Waals surface area contributed by atoms with E-state index in [4.69, 9.17) is 0 Å². The molecule has 98 valence electrons. The molecule has 3 nitrogen and oxygen atoms in total. The maximum absolute atomic E-state index is 11.5. The normalized spacial score (nSPS) is 11.9. The van der Waals surface area contributed by atoms with Gasteiger partial charge in [-0.05, 0) is 19.4 Å². The number of nitrogens with one attached hydrogen (secondary N) is 1. The molecule has 0 aliphatic heterocycles. The van der Waals surface area contributed by atoms with Crippen molar-refractivity contribution in [3.05, 3.63) is 0 Å². The molecular formula is C12H27NO2S. The lowest BCUT2D eigenvalue weighted by molar-refractivity contribution is 0.580. The maximum atomic E-state index is 11.5. The zero-order valence-corrected chi connectivity index (χ0v) is 11.6. The highest BCUT2D eigenvalue weighted by Crippen LogP contribution is 1.98. The van der Waals surface area contributed by atoms with Gasteiger partial charge in [-0.15, -0.1) is 0 Å². The molecule has 0 radical (unpaired) electrons. The largest absolute Gasteiger partial charge is 0.316 e. The third-order valence-electron chi connectivity index (χ3n) is 2.61. The number of hydrogen-bond donors (Lipinski definition) is 1. The van der Waals surface area contributed by atoms with Gasteiger partial charge in [0.05, 0.1) is 11.5 Å². The fraction of sp³-hybridized carbons (Fsp3) is 1.00. The van der Waals surface area contributed by atoms with Crippen LogP contribution >= 0.6 is 0 Å². The highest BCUT2D eigenvalue weighted by Gasteiger charge is 2.08. The van der Waals surface area contributed by atoms with Gasteiger partial charge in [0, 0.05) is 6.54 Å². The molecule has 16 heavy (non-hydrogen) atoms. The minimum absolute atomic E-state index is 0.292. The lowest BCUT2D eigenvalue weighted by atomic mass is 10.2. The molecule has 0 aliphatic rings. The Morgan fingerprint density at radius 1 is 0.812 bits per heavy atom. The molecular weight excluding hydrogens is 222 g/mol. The molecule has 0 amide bonds. The van der Waals surface area contributed by atoms with Crippen LogP contribution in [0.2, 0.25) is 0 Å². The molecule has 0 saturated carbocycles. The van der Waals surface area contributed by atoms with Gasteiger partial charge < -0.3 is 5.32 Å². The minimum Gasteiger partial charge on any atom is -0.316 e. The molecule has 0 aliphatic carbocycles. The molecule has 0 heterocycles. The predicted octanol–water partition coefficient (Wildman–Crippen LogP) is 2.37. The fourth-order valence-corrected chi connectivity index (χ4v) is 2.88. The molecule has 0 aromatic rings. The van der Waals surface area contributed by atoms with Crippen molar-refractivity contribution in [2.75, 3.05) is 24.6 Å². The number of rotatable bonds is 11. The van der Waals surface area contributed by atoms with E-state index in [0.717, 1.165) is 25.8 Å². The Labute approximate surface area is 101 Å². The highest BCUT2D eigenvalue weighted by molar-refractivity contribution is 7.91. The summed E-state index contributed by atoms with van der Waals surface area (Å²) in [7, 11) is -2.80. The van der Waals surface area contributed by atoms with Crippen LogP contribution in [0, 0.1) is 0 Å². The van der Waals surface area contributed by atoms with Crippen molar-refractivity contribution in [1.29, 1.82) is 0 Å². The molecule has 0 bridgehead atoms. The summed E-state index contributed by atoms with van der Waals surface area (Å²) >= 11 is 0. The van der Waals surface area contributed by atoms with Gasteiger partial charge in [-0.2, -0.15) is 0 Å². The summed E-state index contributed by atoms with van der Waals surface area (Å²) in [6.07, 6.45) is 6.65. The first kappa shape index (κ1) is 15.9. The molecule has 0 saturated heterocycles. The third kappa shape index (κ3) is 10.4. The monoisotopic (exact) mass is 249 g/mol. The lowest BCUT2D eigenvalue weighted by Crippen LogP contribution is -2.25. The average molecular weight is 249 g/mol. The third-order valence-corrected chi connectivity index (χ3v) is 4.34. The molecule has 0 atom stereocenters. The second-order valence-electron chi connectivity index (χ2n) is 4.32. The van der Waals surface area contributed by atoms with E-state index in [2.05, 4.69) is 12.2 Å². The van der Waals surface area contributed by atoms with Crippen LogP contribution < -0.4 is 5.32 Å². The summed E-state index contributed by atoms with van der Waals surface area (Å²) in [6, 6.07) is 0. The number of unbranched alkanes of at least 4 members (excludes halogenated alkanes) is 4. The molecule has 0 rings (SSSR count). The molecule has 0 spiro atoms. The molecule has 0 aromatic carbocycles. The van der Waals surface area contributed by atoms with Crippen LogP contribution in [-0.2, 0) is 9.84 Å². The minimum atomic E-state index is -2.80. The SMILES string of the molecule is CCCCCCNCCS(=O)(=O)CCCC. The van der Waals surface area contributed by atoms with Crippen molar-refractivity contribution in [2.45, 2.75) is 52.4 Å². The Balaban J connectivity index is 3.36. The van der Waals surface area contributed by atoms with E-state index < -0.39 is 9.84 Å². The smallest absolute Gasteiger partial charge is 0.151 e. The van der Waals surface area contributed by atoms with Gasteiger partial charge in [0.2, 0.25) is 0 Å². The first-order chi connectivity index (χ1) is 7.62. The summed E-state index contributed by atoms with van der Waals surface area (Å²) in [5.41, 5.74) is 0. The van der Waals surface area contributed by atoms with E-state index in [1.54, 1.807) is 0 Å². The van der Waals surface area contributed by atoms with Crippen LogP contribution in [-0.4, -0.2) is 33.0 Å². The van der Waals surface area contributed by atoms with Gasteiger partial charge >= 0.3 is 0 Å². The zero-order chi connectivity index (χ0) is 12.3. The molecule has 0 fully saturated rings. The van der Waals surface area contributed by atoms with E-state index in [-0.39, 0.29) is 0 Å². The first-order valence-corrected chi connectivity index (χ1v) is 8.35. The van der Waals surface area contributed by atoms with Crippen LogP contribution in [0.5, 0.6) is 0 Å². The second kappa shape index (κ2) is 10.1. The molecule has 1 N–H and O–H groups in total. The van der Waals surface area contributed by atoms with Gasteiger partial charge in [-0.3, -0.25) is 0 Å². The van der Waals surface area contributed by atoms with Crippen molar-refractivity contribution >= 4 is 9.84 Å². The zero-order valence-electron chi connectivity index (χ0n) is 10.8. The second-order valence-corrected chi connectivity index (χ2v) is 6.62. The van der Waals surface area contributed by atoms with Crippen LogP contribution in [0.15, 0.2) is 0 Å². The van der Waals surface area contributed by atoms with E-state index in [1.807, 2.05) is 6.92 Å². The summed E-state index contributed by atoms with van der Waals surface area (Å²) in [4.78, 5) is 0. The standard InChI is InChI=1S/C12H27NO2S/c1-3-5-7-8-9-13-10-12-16(14,15)11-6-4-2/h13H,3-12H2,1-2H3. The number of hydrogen-bond acceptors (Lipinski definition) is 3. The van der Waals surface area contributed by atoms with Crippen LogP contribution in [0.25, 0.3) is 0 Å². The highest BCUT2D eigenvalue weighted by atomic mass is 32.2. The summed E-state index contributed by atoms with van der Waals surface area (Å²) < 4.78 is 23.0. The van der Waals surface area contributed by atoms with Crippen molar-refractivity contribution in [3.63, 3.8) is 0 Å². The van der Waals surface area contributed by atoms with Gasteiger partial charge in [0.25, 0.3) is 0 Å². The van der Waals surface area contributed by atoms with Crippen molar-refractivity contribution in [1.82, 2.24) is 5.32 Å². The van der Waals surface area contributed by atoms with Crippen LogP contribution in [0.3, 0.4) is 0 Å². The summed E-state index contributed by atoms with van der Waals surface area (Å²) in [5.74, 6) is 0.641. The first-order valence-electron chi connectivity index (χ1n) is 6.53. The fourth-order valence-electron chi connectivity index (χ4n) is 1.50. The van der Waals surface area contributed by atoms with Crippen molar-refractivity contribution in [2.24, 2.45) is 0 Å². The van der Waals surface area contributed by atoms with E-state index in [9.17, 15) is 8.42 Å². The van der Waals surface area contributed by atoms with Crippen molar-refractivity contribution < 1.29 is 8.42 Å². The Kier molecular flexibility index (Phi) is 10.0. The lowest BCUT2D eigenvalue weighted by Gasteiger charge is -2.05. The topological polar surface area (TPSA) is 46.2 Å². The Morgan fingerprint density at radius 2 is 1.50 bits per heavy atom. The predicted molar refractivity (Wildman–Crippen MR) is 70.6 cm³/mol. The van der Waals surface area contributed by atoms with Crippen LogP contribution in [0.4, 0.5) is 0 Å². The molecule has 0 unspecified atom stereocenters. The van der Waals surface area contributed by atoms with Gasteiger partial charge in [0.15, 0.2) is 9.84 Å². The van der Waals surface area contributed by atoms with Gasteiger partial charge in [0.1, 0.15) is 0 Å². The summed E-state index contributed by atoms with van der Waals surface area (Å²) in [6.45, 7) is 5.76. The Morgan fingerprint density at radius 3 is 2.12 bits per heavy atom.